The Balaban J connectivity index is 1.59. The molecule has 0 spiro atoms. The lowest BCUT2D eigenvalue weighted by Crippen LogP contribution is -2.22. The van der Waals surface area contributed by atoms with Crippen molar-refractivity contribution >= 4 is 29.1 Å². The molecule has 0 aromatic heterocycles. The quantitative estimate of drug-likeness (QED) is 0.220. The zero-order chi connectivity index (χ0) is 31.1. The summed E-state index contributed by atoms with van der Waals surface area (Å²) in [4.78, 5) is 41.6. The van der Waals surface area contributed by atoms with Crippen LogP contribution in [0.25, 0.3) is 33.4 Å². The van der Waals surface area contributed by atoms with Crippen molar-refractivity contribution in [1.29, 1.82) is 5.26 Å². The molecule has 0 saturated carbocycles. The van der Waals surface area contributed by atoms with Crippen LogP contribution < -0.4 is 0 Å². The fraction of sp³-hybridized carbons (Fsp3) is 0. The SMILES string of the molecule is N#Cc1ccc(N=C2C(=O)c3ccc(-c4cc(C(=O)O)ccc4F)cc3-c3cc(-c4cc(C(=O)O)ccc4F)ccc32)cc1. The molecule has 9 heteroatoms. The molecule has 7 nitrogen and oxygen atoms in total. The lowest BCUT2D eigenvalue weighted by Gasteiger charge is -2.23. The Kier molecular flexibility index (Phi) is 6.88. The monoisotopic (exact) mass is 584 g/mol. The Labute approximate surface area is 248 Å². The normalized spacial score (nSPS) is 12.8. The van der Waals surface area contributed by atoms with Gasteiger partial charge < -0.3 is 10.2 Å². The lowest BCUT2D eigenvalue weighted by atomic mass is 9.80. The van der Waals surface area contributed by atoms with E-state index in [0.29, 0.717) is 39.1 Å². The average Bonchev–Trinajstić information content (AvgIpc) is 3.03. The van der Waals surface area contributed by atoms with Gasteiger partial charge in [0.25, 0.3) is 0 Å². The molecule has 0 heterocycles. The molecule has 5 aromatic carbocycles. The highest BCUT2D eigenvalue weighted by atomic mass is 19.1. The van der Waals surface area contributed by atoms with Crippen molar-refractivity contribution in [2.24, 2.45) is 4.99 Å². The number of aliphatic imine (C=N–C) groups is 1. The molecule has 0 unspecified atom stereocenters. The van der Waals surface area contributed by atoms with Gasteiger partial charge in [0.15, 0.2) is 0 Å². The zero-order valence-electron chi connectivity index (χ0n) is 22.5. The van der Waals surface area contributed by atoms with Gasteiger partial charge in [0.1, 0.15) is 17.3 Å². The maximum atomic E-state index is 15.0. The van der Waals surface area contributed by atoms with Crippen molar-refractivity contribution in [2.75, 3.05) is 0 Å². The topological polar surface area (TPSA) is 128 Å². The number of nitriles is 1. The Morgan fingerprint density at radius 1 is 0.614 bits per heavy atom. The Bertz CT molecular complexity index is 2130. The van der Waals surface area contributed by atoms with Crippen molar-refractivity contribution in [1.82, 2.24) is 0 Å². The van der Waals surface area contributed by atoms with Crippen molar-refractivity contribution < 1.29 is 33.4 Å². The summed E-state index contributed by atoms with van der Waals surface area (Å²) < 4.78 is 29.9. The predicted octanol–water partition coefficient (Wildman–Crippen LogP) is 7.55. The fourth-order valence-electron chi connectivity index (χ4n) is 5.13. The third-order valence-electron chi connectivity index (χ3n) is 7.33. The number of benzene rings is 5. The zero-order valence-corrected chi connectivity index (χ0v) is 22.5. The summed E-state index contributed by atoms with van der Waals surface area (Å²) in [5, 5.41) is 28.0. The number of aromatic carboxylic acids is 2. The molecule has 5 aromatic rings. The summed E-state index contributed by atoms with van der Waals surface area (Å²) in [7, 11) is 0. The molecular formula is C35H18F2N2O5. The van der Waals surface area contributed by atoms with Gasteiger partial charge in [-0.15, -0.1) is 0 Å². The van der Waals surface area contributed by atoms with E-state index in [4.69, 9.17) is 5.26 Å². The van der Waals surface area contributed by atoms with Gasteiger partial charge >= 0.3 is 11.9 Å². The van der Waals surface area contributed by atoms with E-state index < -0.39 is 29.4 Å². The van der Waals surface area contributed by atoms with Crippen molar-refractivity contribution in [3.8, 4) is 39.4 Å². The van der Waals surface area contributed by atoms with Gasteiger partial charge in [-0.25, -0.2) is 23.4 Å². The second-order valence-corrected chi connectivity index (χ2v) is 9.97. The van der Waals surface area contributed by atoms with Gasteiger partial charge in [0, 0.05) is 22.3 Å². The maximum Gasteiger partial charge on any atom is 0.335 e. The van der Waals surface area contributed by atoms with Crippen LogP contribution in [0.1, 0.15) is 42.2 Å². The number of Topliss-reactive ketones (excluding diaryl/α,β-unsaturated/α-hetero) is 1. The number of carboxylic acids is 2. The number of ketones is 1. The van der Waals surface area contributed by atoms with E-state index >= 15 is 0 Å². The van der Waals surface area contributed by atoms with E-state index in [1.165, 1.54) is 24.3 Å². The van der Waals surface area contributed by atoms with Gasteiger partial charge in [-0.05, 0) is 101 Å². The van der Waals surface area contributed by atoms with E-state index in [9.17, 15) is 33.4 Å². The number of carbonyl (C=O) groups excluding carboxylic acids is 1. The van der Waals surface area contributed by atoms with Crippen LogP contribution in [0.4, 0.5) is 14.5 Å². The highest BCUT2D eigenvalue weighted by molar-refractivity contribution is 6.55. The van der Waals surface area contributed by atoms with Gasteiger partial charge in [-0.3, -0.25) is 4.79 Å². The molecule has 6 rings (SSSR count). The summed E-state index contributed by atoms with van der Waals surface area (Å²) in [6.07, 6.45) is 0. The lowest BCUT2D eigenvalue weighted by molar-refractivity contribution is 0.0686. The standard InChI is InChI=1S/C35H18F2N2O5/c36-30-11-5-21(34(41)42)15-26(30)19-3-9-24-28(13-19)29-14-20(27-16-22(35(43)44)6-12-31(27)37)4-10-25(29)33(40)32(24)39-23-7-1-18(17-38)2-8-23/h1-16H,(H,41,42)(H,43,44). The van der Waals surface area contributed by atoms with Crippen LogP contribution in [-0.2, 0) is 0 Å². The molecule has 212 valence electrons. The van der Waals surface area contributed by atoms with Crippen LogP contribution in [0.5, 0.6) is 0 Å². The van der Waals surface area contributed by atoms with Gasteiger partial charge in [-0.2, -0.15) is 5.26 Å². The summed E-state index contributed by atoms with van der Waals surface area (Å²) in [5.41, 5.74) is 2.76. The molecule has 0 fully saturated rings. The first-order valence-electron chi connectivity index (χ1n) is 13.1. The summed E-state index contributed by atoms with van der Waals surface area (Å²) in [6, 6.07) is 24.5. The Hall–Kier alpha value is -6.27. The smallest absolute Gasteiger partial charge is 0.335 e. The number of hydrogen-bond donors (Lipinski definition) is 2. The Morgan fingerprint density at radius 2 is 1.11 bits per heavy atom. The highest BCUT2D eigenvalue weighted by Crippen LogP contribution is 2.40. The molecule has 44 heavy (non-hydrogen) atoms. The van der Waals surface area contributed by atoms with E-state index in [1.54, 1.807) is 48.5 Å². The minimum absolute atomic E-state index is 0.00936. The van der Waals surface area contributed by atoms with Gasteiger partial charge in [0.2, 0.25) is 5.78 Å². The number of hydrogen-bond acceptors (Lipinski definition) is 5. The summed E-state index contributed by atoms with van der Waals surface area (Å²) in [5.74, 6) is -4.22. The molecule has 0 saturated heterocycles. The molecule has 1 aliphatic rings. The predicted molar refractivity (Wildman–Crippen MR) is 158 cm³/mol. The van der Waals surface area contributed by atoms with E-state index in [1.807, 2.05) is 6.07 Å². The average molecular weight is 585 g/mol. The van der Waals surface area contributed by atoms with Crippen molar-refractivity contribution in [3.63, 3.8) is 0 Å². The third kappa shape index (κ3) is 4.91. The van der Waals surface area contributed by atoms with Crippen LogP contribution in [0, 0.1) is 23.0 Å². The van der Waals surface area contributed by atoms with Gasteiger partial charge in [0.05, 0.1) is 28.4 Å². The molecule has 0 bridgehead atoms. The molecule has 1 aliphatic carbocycles. The largest absolute Gasteiger partial charge is 0.478 e. The van der Waals surface area contributed by atoms with Crippen molar-refractivity contribution in [2.45, 2.75) is 0 Å². The van der Waals surface area contributed by atoms with Crippen molar-refractivity contribution in [3.05, 3.63) is 137 Å². The first-order valence-corrected chi connectivity index (χ1v) is 13.1. The molecule has 0 atom stereocenters. The van der Waals surface area contributed by atoms with Crippen LogP contribution in [-0.4, -0.2) is 33.6 Å². The molecule has 0 amide bonds. The highest BCUT2D eigenvalue weighted by Gasteiger charge is 2.30. The number of halogens is 2. The van der Waals surface area contributed by atoms with E-state index in [2.05, 4.69) is 4.99 Å². The number of carbonyl (C=O) groups is 3. The second kappa shape index (κ2) is 10.9. The van der Waals surface area contributed by atoms with Crippen LogP contribution in [0.15, 0.2) is 102 Å². The second-order valence-electron chi connectivity index (χ2n) is 9.97. The number of carboxylic acid groups (broad SMARTS) is 2. The first kappa shape index (κ1) is 27.9. The first-order chi connectivity index (χ1) is 21.1. The number of rotatable bonds is 5. The number of nitrogens with zero attached hydrogens (tertiary/aromatic N) is 2. The fourth-order valence-corrected chi connectivity index (χ4v) is 5.13. The van der Waals surface area contributed by atoms with E-state index in [-0.39, 0.29) is 33.5 Å². The third-order valence-corrected chi connectivity index (χ3v) is 7.33. The van der Waals surface area contributed by atoms with Crippen LogP contribution in [0.2, 0.25) is 0 Å². The van der Waals surface area contributed by atoms with E-state index in [0.717, 1.165) is 24.3 Å². The van der Waals surface area contributed by atoms with Crippen LogP contribution in [0.3, 0.4) is 0 Å². The summed E-state index contributed by atoms with van der Waals surface area (Å²) in [6.45, 7) is 0. The minimum Gasteiger partial charge on any atom is -0.478 e. The minimum atomic E-state index is -1.23. The van der Waals surface area contributed by atoms with Gasteiger partial charge in [-0.1, -0.05) is 18.2 Å². The molecule has 0 aliphatic heterocycles. The molecule has 0 radical (unpaired) electrons. The maximum absolute atomic E-state index is 15.0. The molecule has 2 N–H and O–H groups in total. The molecular weight excluding hydrogens is 566 g/mol. The number of fused-ring (bicyclic) bond motifs is 3. The Morgan fingerprint density at radius 3 is 1.61 bits per heavy atom. The van der Waals surface area contributed by atoms with Crippen LogP contribution >= 0.6 is 0 Å². The summed E-state index contributed by atoms with van der Waals surface area (Å²) >= 11 is 0.